The largest absolute Gasteiger partial charge is 0.456 e. The summed E-state index contributed by atoms with van der Waals surface area (Å²) in [7, 11) is 0. The third-order valence-electron chi connectivity index (χ3n) is 11.3. The molecule has 8 aromatic carbocycles. The quantitative estimate of drug-likeness (QED) is 0.180. The average molecular weight is 695 g/mol. The van der Waals surface area contributed by atoms with Gasteiger partial charge in [-0.25, -0.2) is 4.98 Å². The van der Waals surface area contributed by atoms with Gasteiger partial charge in [-0.1, -0.05) is 147 Å². The molecule has 0 amide bonds. The second-order valence-electron chi connectivity index (χ2n) is 14.7. The van der Waals surface area contributed by atoms with Crippen LogP contribution in [0.15, 0.2) is 179 Å². The summed E-state index contributed by atoms with van der Waals surface area (Å²) in [6.45, 7) is 4.67. The highest BCUT2D eigenvalue weighted by molar-refractivity contribution is 6.21. The molecule has 0 saturated heterocycles. The van der Waals surface area contributed by atoms with E-state index < -0.39 is 0 Å². The van der Waals surface area contributed by atoms with Crippen LogP contribution in [-0.4, -0.2) is 4.98 Å². The SMILES string of the molecule is CC1(C)c2ccccc2-c2c(N(c3ccccc3-c3cccc4ccccc34)c3c4nc(-c5ccccc5)oc4cc4oc5ccccc5c34)cccc21. The van der Waals surface area contributed by atoms with Gasteiger partial charge < -0.3 is 13.7 Å². The summed E-state index contributed by atoms with van der Waals surface area (Å²) >= 11 is 0. The minimum Gasteiger partial charge on any atom is -0.456 e. The van der Waals surface area contributed by atoms with Crippen LogP contribution in [0.5, 0.6) is 0 Å². The third kappa shape index (κ3) is 4.40. The number of hydrogen-bond donors (Lipinski definition) is 0. The van der Waals surface area contributed by atoms with Crippen LogP contribution in [0, 0.1) is 0 Å². The van der Waals surface area contributed by atoms with Crippen LogP contribution >= 0.6 is 0 Å². The zero-order chi connectivity index (χ0) is 36.0. The van der Waals surface area contributed by atoms with E-state index in [4.69, 9.17) is 13.8 Å². The number of rotatable bonds is 5. The van der Waals surface area contributed by atoms with Crippen LogP contribution in [0.1, 0.15) is 25.0 Å². The molecule has 4 heteroatoms. The van der Waals surface area contributed by atoms with Crippen LogP contribution in [0.2, 0.25) is 0 Å². The van der Waals surface area contributed by atoms with E-state index in [2.05, 4.69) is 140 Å². The summed E-state index contributed by atoms with van der Waals surface area (Å²) in [5.41, 5.74) is 14.1. The Bertz CT molecular complexity index is 3090. The van der Waals surface area contributed by atoms with Crippen molar-refractivity contribution in [1.29, 1.82) is 0 Å². The maximum Gasteiger partial charge on any atom is 0.227 e. The van der Waals surface area contributed by atoms with Gasteiger partial charge in [-0.15, -0.1) is 0 Å². The second-order valence-corrected chi connectivity index (χ2v) is 14.7. The highest BCUT2D eigenvalue weighted by Crippen LogP contribution is 2.57. The van der Waals surface area contributed by atoms with E-state index in [1.165, 1.54) is 33.0 Å². The van der Waals surface area contributed by atoms with Crippen LogP contribution in [-0.2, 0) is 5.41 Å². The summed E-state index contributed by atoms with van der Waals surface area (Å²) in [6, 6.07) is 60.0. The van der Waals surface area contributed by atoms with Crippen molar-refractivity contribution in [3.8, 4) is 33.7 Å². The molecule has 2 heterocycles. The summed E-state index contributed by atoms with van der Waals surface area (Å²) < 4.78 is 13.4. The van der Waals surface area contributed by atoms with Gasteiger partial charge in [0, 0.05) is 33.6 Å². The number of benzene rings is 8. The van der Waals surface area contributed by atoms with E-state index in [-0.39, 0.29) is 5.41 Å². The Morgan fingerprint density at radius 2 is 1.15 bits per heavy atom. The predicted octanol–water partition coefficient (Wildman–Crippen LogP) is 14.0. The van der Waals surface area contributed by atoms with Gasteiger partial charge in [0.05, 0.1) is 22.4 Å². The van der Waals surface area contributed by atoms with Gasteiger partial charge in [0.2, 0.25) is 5.89 Å². The number of aromatic nitrogens is 1. The molecule has 4 nitrogen and oxygen atoms in total. The fourth-order valence-electron chi connectivity index (χ4n) is 8.82. The number of nitrogens with zero attached hydrogens (tertiary/aromatic N) is 2. The van der Waals surface area contributed by atoms with E-state index in [0.29, 0.717) is 11.5 Å². The Kier molecular flexibility index (Phi) is 6.56. The number of fused-ring (bicyclic) bond motifs is 8. The molecule has 0 aliphatic heterocycles. The van der Waals surface area contributed by atoms with Gasteiger partial charge in [-0.2, -0.15) is 0 Å². The van der Waals surface area contributed by atoms with Crippen molar-refractivity contribution < 1.29 is 8.83 Å². The maximum absolute atomic E-state index is 6.68. The Labute approximate surface area is 312 Å². The number of para-hydroxylation sites is 2. The van der Waals surface area contributed by atoms with E-state index in [1.807, 2.05) is 48.5 Å². The van der Waals surface area contributed by atoms with E-state index in [0.717, 1.165) is 61.2 Å². The molecule has 0 radical (unpaired) electrons. The Balaban J connectivity index is 1.32. The Morgan fingerprint density at radius 1 is 0.500 bits per heavy atom. The van der Waals surface area contributed by atoms with Crippen LogP contribution in [0.4, 0.5) is 17.1 Å². The number of oxazole rings is 1. The molecule has 11 rings (SSSR count). The first-order valence-electron chi connectivity index (χ1n) is 18.5. The topological polar surface area (TPSA) is 42.4 Å². The predicted molar refractivity (Wildman–Crippen MR) is 222 cm³/mol. The minimum atomic E-state index is -0.194. The first kappa shape index (κ1) is 30.7. The average Bonchev–Trinajstić information content (AvgIpc) is 3.89. The lowest BCUT2D eigenvalue weighted by Gasteiger charge is -2.31. The van der Waals surface area contributed by atoms with Crippen molar-refractivity contribution in [3.05, 3.63) is 181 Å². The lowest BCUT2D eigenvalue weighted by molar-refractivity contribution is 0.617. The fraction of sp³-hybridized carbons (Fsp3) is 0.0600. The first-order chi connectivity index (χ1) is 26.6. The first-order valence-corrected chi connectivity index (χ1v) is 18.5. The van der Waals surface area contributed by atoms with Gasteiger partial charge >= 0.3 is 0 Å². The molecule has 0 N–H and O–H groups in total. The molecule has 0 saturated carbocycles. The van der Waals surface area contributed by atoms with Gasteiger partial charge in [-0.05, 0) is 63.4 Å². The summed E-state index contributed by atoms with van der Waals surface area (Å²) in [5.74, 6) is 0.566. The molecule has 0 fully saturated rings. The lowest BCUT2D eigenvalue weighted by atomic mass is 9.82. The van der Waals surface area contributed by atoms with Crippen LogP contribution in [0.3, 0.4) is 0 Å². The second kappa shape index (κ2) is 11.5. The molecule has 0 atom stereocenters. The smallest absolute Gasteiger partial charge is 0.227 e. The standard InChI is InChI=1S/C50H34N2O2/c1-50(2)38-25-11-8-22-36(38)45-39(50)26-15-28-41(45)52(40-27-12-9-21-35(40)34-24-14-19-31-16-6-7-20-33(31)34)48-46-37-23-10-13-29-42(37)53-43(46)30-44-47(48)51-49(54-44)32-17-4-3-5-18-32/h3-30H,1-2H3. The molecule has 0 spiro atoms. The molecule has 256 valence electrons. The molecule has 1 aliphatic carbocycles. The van der Waals surface area contributed by atoms with Crippen molar-refractivity contribution >= 4 is 60.9 Å². The monoisotopic (exact) mass is 694 g/mol. The molecule has 1 aliphatic rings. The van der Waals surface area contributed by atoms with E-state index in [9.17, 15) is 0 Å². The van der Waals surface area contributed by atoms with Crippen molar-refractivity contribution in [3.63, 3.8) is 0 Å². The third-order valence-corrected chi connectivity index (χ3v) is 11.3. The molecule has 0 unspecified atom stereocenters. The zero-order valence-corrected chi connectivity index (χ0v) is 29.9. The van der Waals surface area contributed by atoms with Crippen molar-refractivity contribution in [2.75, 3.05) is 4.90 Å². The Hall–Kier alpha value is -6.91. The number of anilines is 3. The van der Waals surface area contributed by atoms with Crippen molar-refractivity contribution in [2.24, 2.45) is 0 Å². The molecule has 10 aromatic rings. The number of hydrogen-bond acceptors (Lipinski definition) is 4. The normalized spacial score (nSPS) is 13.1. The fourth-order valence-corrected chi connectivity index (χ4v) is 8.82. The molecular formula is C50H34N2O2. The summed E-state index contributed by atoms with van der Waals surface area (Å²) in [5, 5.41) is 4.40. The van der Waals surface area contributed by atoms with Crippen molar-refractivity contribution in [1.82, 2.24) is 4.98 Å². The highest BCUT2D eigenvalue weighted by Gasteiger charge is 2.39. The number of furan rings is 1. The van der Waals surface area contributed by atoms with Gasteiger partial charge in [0.1, 0.15) is 16.7 Å². The molecule has 54 heavy (non-hydrogen) atoms. The highest BCUT2D eigenvalue weighted by atomic mass is 16.4. The van der Waals surface area contributed by atoms with E-state index in [1.54, 1.807) is 0 Å². The van der Waals surface area contributed by atoms with Gasteiger partial charge in [-0.3, -0.25) is 0 Å². The van der Waals surface area contributed by atoms with Crippen molar-refractivity contribution in [2.45, 2.75) is 19.3 Å². The molecule has 2 aromatic heterocycles. The van der Waals surface area contributed by atoms with Gasteiger partial charge in [0.15, 0.2) is 5.58 Å². The molecular weight excluding hydrogens is 661 g/mol. The van der Waals surface area contributed by atoms with Crippen LogP contribution < -0.4 is 4.90 Å². The summed E-state index contributed by atoms with van der Waals surface area (Å²) in [6.07, 6.45) is 0. The summed E-state index contributed by atoms with van der Waals surface area (Å²) in [4.78, 5) is 7.80. The minimum absolute atomic E-state index is 0.194. The zero-order valence-electron chi connectivity index (χ0n) is 29.9. The van der Waals surface area contributed by atoms with E-state index >= 15 is 0 Å². The lowest BCUT2D eigenvalue weighted by Crippen LogP contribution is -2.16. The van der Waals surface area contributed by atoms with Gasteiger partial charge in [0.25, 0.3) is 0 Å². The Morgan fingerprint density at radius 3 is 2.04 bits per heavy atom. The maximum atomic E-state index is 6.68. The van der Waals surface area contributed by atoms with Crippen LogP contribution in [0.25, 0.3) is 77.5 Å². The molecule has 0 bridgehead atoms.